The summed E-state index contributed by atoms with van der Waals surface area (Å²) in [4.78, 5) is 12.5. The van der Waals surface area contributed by atoms with Crippen LogP contribution in [0.4, 0.5) is 5.69 Å². The van der Waals surface area contributed by atoms with E-state index >= 15 is 0 Å². The number of halogens is 1. The zero-order valence-electron chi connectivity index (χ0n) is 13.8. The van der Waals surface area contributed by atoms with Crippen LogP contribution in [-0.4, -0.2) is 10.5 Å². The molecule has 4 heteroatoms. The van der Waals surface area contributed by atoms with Crippen LogP contribution in [0.1, 0.15) is 17.3 Å². The lowest BCUT2D eigenvalue weighted by Gasteiger charge is -2.08. The van der Waals surface area contributed by atoms with Crippen LogP contribution in [0.5, 0.6) is 0 Å². The van der Waals surface area contributed by atoms with Crippen LogP contribution >= 0.6 is 15.9 Å². The maximum absolute atomic E-state index is 12.5. The van der Waals surface area contributed by atoms with Gasteiger partial charge in [-0.1, -0.05) is 30.3 Å². The van der Waals surface area contributed by atoms with E-state index in [0.29, 0.717) is 5.56 Å². The van der Waals surface area contributed by atoms with Gasteiger partial charge in [-0.15, -0.1) is 0 Å². The smallest absolute Gasteiger partial charge is 0.256 e. The minimum atomic E-state index is -0.119. The van der Waals surface area contributed by atoms with Crippen molar-refractivity contribution in [3.05, 3.63) is 76.8 Å². The highest BCUT2D eigenvalue weighted by molar-refractivity contribution is 9.10. The minimum absolute atomic E-state index is 0.119. The van der Waals surface area contributed by atoms with Gasteiger partial charge < -0.3 is 9.88 Å². The van der Waals surface area contributed by atoms with E-state index in [4.69, 9.17) is 0 Å². The molecule has 4 rings (SSSR count). The normalized spacial score (nSPS) is 11.1. The standard InChI is InChI=1S/C21H17BrN2O/c1-2-24-19-10-6-4-7-15(19)17-13-14(11-12-20(17)24)23-21(25)16-8-3-5-9-18(16)22/h3-13H,2H2,1H3,(H,23,25). The first-order valence-corrected chi connectivity index (χ1v) is 9.05. The Balaban J connectivity index is 1.78. The van der Waals surface area contributed by atoms with E-state index in [1.807, 2.05) is 30.3 Å². The number of carbonyl (C=O) groups excluding carboxylic acids is 1. The highest BCUT2D eigenvalue weighted by Gasteiger charge is 2.12. The molecule has 0 aliphatic rings. The van der Waals surface area contributed by atoms with Crippen molar-refractivity contribution >= 4 is 49.3 Å². The summed E-state index contributed by atoms with van der Waals surface area (Å²) in [6.07, 6.45) is 0. The first-order chi connectivity index (χ1) is 12.2. The maximum Gasteiger partial charge on any atom is 0.256 e. The Kier molecular flexibility index (Phi) is 4.06. The van der Waals surface area contributed by atoms with Gasteiger partial charge in [-0.2, -0.15) is 0 Å². The number of fused-ring (bicyclic) bond motifs is 3. The second kappa shape index (κ2) is 6.37. The van der Waals surface area contributed by atoms with E-state index in [1.165, 1.54) is 16.4 Å². The van der Waals surface area contributed by atoms with Crippen LogP contribution in [0, 0.1) is 0 Å². The molecule has 0 aliphatic heterocycles. The predicted octanol–water partition coefficient (Wildman–Crippen LogP) is 5.83. The lowest BCUT2D eigenvalue weighted by molar-refractivity contribution is 0.102. The average molecular weight is 393 g/mol. The van der Waals surface area contributed by atoms with E-state index in [2.05, 4.69) is 63.1 Å². The summed E-state index contributed by atoms with van der Waals surface area (Å²) < 4.78 is 3.08. The van der Waals surface area contributed by atoms with Crippen molar-refractivity contribution in [2.45, 2.75) is 13.5 Å². The minimum Gasteiger partial charge on any atom is -0.341 e. The van der Waals surface area contributed by atoms with Gasteiger partial charge in [0.1, 0.15) is 0 Å². The lowest BCUT2D eigenvalue weighted by Crippen LogP contribution is -2.12. The molecule has 1 amide bonds. The summed E-state index contributed by atoms with van der Waals surface area (Å²) in [5.74, 6) is -0.119. The summed E-state index contributed by atoms with van der Waals surface area (Å²) in [5.41, 5.74) is 3.82. The monoisotopic (exact) mass is 392 g/mol. The van der Waals surface area contributed by atoms with Crippen LogP contribution in [0.3, 0.4) is 0 Å². The largest absolute Gasteiger partial charge is 0.341 e. The molecular weight excluding hydrogens is 376 g/mol. The van der Waals surface area contributed by atoms with E-state index < -0.39 is 0 Å². The van der Waals surface area contributed by atoms with E-state index in [-0.39, 0.29) is 5.91 Å². The van der Waals surface area contributed by atoms with Crippen LogP contribution in [0.15, 0.2) is 71.2 Å². The summed E-state index contributed by atoms with van der Waals surface area (Å²) >= 11 is 3.43. The van der Waals surface area contributed by atoms with Crippen molar-refractivity contribution < 1.29 is 4.79 Å². The molecule has 4 aromatic rings. The van der Waals surface area contributed by atoms with E-state index in [0.717, 1.165) is 22.1 Å². The van der Waals surface area contributed by atoms with Crippen molar-refractivity contribution in [3.63, 3.8) is 0 Å². The summed E-state index contributed by atoms with van der Waals surface area (Å²) in [5, 5.41) is 5.36. The Morgan fingerprint density at radius 2 is 1.68 bits per heavy atom. The lowest BCUT2D eigenvalue weighted by atomic mass is 10.1. The van der Waals surface area contributed by atoms with Gasteiger partial charge in [-0.3, -0.25) is 4.79 Å². The Bertz CT molecular complexity index is 1100. The van der Waals surface area contributed by atoms with E-state index in [9.17, 15) is 4.79 Å². The van der Waals surface area contributed by atoms with Crippen LogP contribution in [0.2, 0.25) is 0 Å². The Labute approximate surface area is 154 Å². The van der Waals surface area contributed by atoms with Crippen molar-refractivity contribution in [2.75, 3.05) is 5.32 Å². The number of aryl methyl sites for hydroxylation is 1. The molecule has 0 atom stereocenters. The molecule has 1 aromatic heterocycles. The van der Waals surface area contributed by atoms with Gasteiger partial charge in [-0.05, 0) is 59.3 Å². The van der Waals surface area contributed by atoms with Crippen molar-refractivity contribution in [1.82, 2.24) is 4.57 Å². The van der Waals surface area contributed by atoms with Crippen LogP contribution in [0.25, 0.3) is 21.8 Å². The van der Waals surface area contributed by atoms with Crippen LogP contribution < -0.4 is 5.32 Å². The zero-order chi connectivity index (χ0) is 17.4. The fourth-order valence-corrected chi connectivity index (χ4v) is 3.78. The third-order valence-electron chi connectivity index (χ3n) is 4.46. The zero-order valence-corrected chi connectivity index (χ0v) is 15.4. The highest BCUT2D eigenvalue weighted by atomic mass is 79.9. The fraction of sp³-hybridized carbons (Fsp3) is 0.0952. The summed E-state index contributed by atoms with van der Waals surface area (Å²) in [6.45, 7) is 3.06. The number of amides is 1. The quantitative estimate of drug-likeness (QED) is 0.467. The number of anilines is 1. The number of nitrogens with one attached hydrogen (secondary N) is 1. The Morgan fingerprint density at radius 3 is 2.48 bits per heavy atom. The van der Waals surface area contributed by atoms with Crippen molar-refractivity contribution in [2.24, 2.45) is 0 Å². The van der Waals surface area contributed by atoms with Crippen molar-refractivity contribution in [3.8, 4) is 0 Å². The average Bonchev–Trinajstić information content (AvgIpc) is 2.95. The number of rotatable bonds is 3. The molecule has 0 radical (unpaired) electrons. The van der Waals surface area contributed by atoms with Gasteiger partial charge in [0.05, 0.1) is 5.56 Å². The predicted molar refractivity (Wildman–Crippen MR) is 107 cm³/mol. The molecule has 0 fully saturated rings. The number of para-hydroxylation sites is 1. The third-order valence-corrected chi connectivity index (χ3v) is 5.16. The number of hydrogen-bond donors (Lipinski definition) is 1. The summed E-state index contributed by atoms with van der Waals surface area (Å²) in [6, 6.07) is 21.9. The highest BCUT2D eigenvalue weighted by Crippen LogP contribution is 2.31. The molecule has 0 aliphatic carbocycles. The molecule has 0 saturated carbocycles. The molecule has 1 heterocycles. The SMILES string of the molecule is CCn1c2ccccc2c2cc(NC(=O)c3ccccc3Br)ccc21. The second-order valence-corrected chi connectivity index (χ2v) is 6.78. The Hall–Kier alpha value is -2.59. The van der Waals surface area contributed by atoms with Gasteiger partial charge >= 0.3 is 0 Å². The van der Waals surface area contributed by atoms with Gasteiger partial charge in [0.2, 0.25) is 0 Å². The summed E-state index contributed by atoms with van der Waals surface area (Å²) in [7, 11) is 0. The molecule has 0 saturated heterocycles. The fourth-order valence-electron chi connectivity index (χ4n) is 3.32. The topological polar surface area (TPSA) is 34.0 Å². The molecular formula is C21H17BrN2O. The van der Waals surface area contributed by atoms with Gasteiger partial charge in [0.15, 0.2) is 0 Å². The van der Waals surface area contributed by atoms with Crippen molar-refractivity contribution in [1.29, 1.82) is 0 Å². The number of benzene rings is 3. The molecule has 124 valence electrons. The van der Waals surface area contributed by atoms with Crippen LogP contribution in [-0.2, 0) is 6.54 Å². The first-order valence-electron chi connectivity index (χ1n) is 8.26. The van der Waals surface area contributed by atoms with Gasteiger partial charge in [-0.25, -0.2) is 0 Å². The number of carbonyl (C=O) groups is 1. The number of hydrogen-bond acceptors (Lipinski definition) is 1. The Morgan fingerprint density at radius 1 is 0.960 bits per heavy atom. The first kappa shape index (κ1) is 15.9. The van der Waals surface area contributed by atoms with Gasteiger partial charge in [0.25, 0.3) is 5.91 Å². The maximum atomic E-state index is 12.5. The third kappa shape index (κ3) is 2.72. The van der Waals surface area contributed by atoms with E-state index in [1.54, 1.807) is 6.07 Å². The molecule has 0 unspecified atom stereocenters. The molecule has 0 bridgehead atoms. The second-order valence-electron chi connectivity index (χ2n) is 5.93. The molecule has 3 nitrogen and oxygen atoms in total. The van der Waals surface area contributed by atoms with Gasteiger partial charge in [0, 0.05) is 38.5 Å². The molecule has 3 aromatic carbocycles. The number of nitrogens with zero attached hydrogens (tertiary/aromatic N) is 1. The number of aromatic nitrogens is 1. The molecule has 0 spiro atoms. The molecule has 25 heavy (non-hydrogen) atoms. The molecule has 1 N–H and O–H groups in total.